The lowest BCUT2D eigenvalue weighted by atomic mass is 9.86. The third-order valence-corrected chi connectivity index (χ3v) is 8.43. The van der Waals surface area contributed by atoms with Gasteiger partial charge in [-0.2, -0.15) is 0 Å². The van der Waals surface area contributed by atoms with Crippen molar-refractivity contribution in [1.82, 2.24) is 9.80 Å². The maximum absolute atomic E-state index is 14.0. The van der Waals surface area contributed by atoms with E-state index in [1.165, 1.54) is 11.8 Å². The number of imide groups is 1. The number of nitrogens with one attached hydrogen (secondary N) is 2. The summed E-state index contributed by atoms with van der Waals surface area (Å²) in [5.41, 5.74) is 2.68. The van der Waals surface area contributed by atoms with Gasteiger partial charge in [-0.15, -0.1) is 0 Å². The van der Waals surface area contributed by atoms with Crippen LogP contribution >= 0.6 is 0 Å². The molecule has 0 saturated carbocycles. The van der Waals surface area contributed by atoms with E-state index in [-0.39, 0.29) is 48.8 Å². The van der Waals surface area contributed by atoms with Crippen LogP contribution in [0.2, 0.25) is 0 Å². The third-order valence-electron chi connectivity index (χ3n) is 8.43. The second kappa shape index (κ2) is 14.5. The van der Waals surface area contributed by atoms with Gasteiger partial charge in [0.15, 0.2) is 5.78 Å². The van der Waals surface area contributed by atoms with E-state index in [9.17, 15) is 24.0 Å². The van der Waals surface area contributed by atoms with Crippen molar-refractivity contribution in [3.63, 3.8) is 0 Å². The lowest BCUT2D eigenvalue weighted by Crippen LogP contribution is -2.47. The summed E-state index contributed by atoms with van der Waals surface area (Å²) in [5.74, 6) is -0.995. The molecule has 0 bridgehead atoms. The molecule has 2 atom stereocenters. The van der Waals surface area contributed by atoms with Crippen molar-refractivity contribution in [2.24, 2.45) is 5.92 Å². The Kier molecular flexibility index (Phi) is 10.8. The van der Waals surface area contributed by atoms with E-state index in [2.05, 4.69) is 10.6 Å². The first-order valence-corrected chi connectivity index (χ1v) is 15.7. The highest BCUT2D eigenvalue weighted by Crippen LogP contribution is 2.35. The van der Waals surface area contributed by atoms with Crippen LogP contribution in [0.15, 0.2) is 78.9 Å². The molecule has 1 aliphatic rings. The zero-order valence-corrected chi connectivity index (χ0v) is 27.5. The molecule has 9 heteroatoms. The Labute approximate surface area is 271 Å². The summed E-state index contributed by atoms with van der Waals surface area (Å²) in [6.45, 7) is 10.8. The minimum absolute atomic E-state index is 0.0316. The predicted octanol–water partition coefficient (Wildman–Crippen LogP) is 7.32. The van der Waals surface area contributed by atoms with Crippen LogP contribution in [0, 0.1) is 12.8 Å². The second-order valence-corrected chi connectivity index (χ2v) is 13.0. The number of nitrogens with zero attached hydrogens (tertiary/aromatic N) is 2. The molecular weight excluding hydrogens is 580 g/mol. The Morgan fingerprint density at radius 2 is 1.46 bits per heavy atom. The third kappa shape index (κ3) is 8.07. The molecule has 3 aromatic rings. The molecule has 0 spiro atoms. The number of carbonyl (C=O) groups excluding carboxylic acids is 5. The number of benzene rings is 3. The molecule has 0 aromatic heterocycles. The first-order valence-electron chi connectivity index (χ1n) is 15.7. The van der Waals surface area contributed by atoms with Crippen LogP contribution in [0.1, 0.15) is 76.5 Å². The fraction of sp³-hybridized carbons (Fsp3) is 0.378. The molecule has 2 N–H and O–H groups in total. The maximum Gasteiger partial charge on any atom is 0.328 e. The van der Waals surface area contributed by atoms with E-state index >= 15 is 0 Å². The van der Waals surface area contributed by atoms with Crippen LogP contribution in [-0.2, 0) is 20.9 Å². The van der Waals surface area contributed by atoms with Gasteiger partial charge in [-0.3, -0.25) is 14.5 Å². The standard InChI is InChI=1S/C37H44N4O5/c1-24(2)20-32(33(43)22-29(21-26(4)42)28-13-8-7-9-14-28)41-34(44)37(5,6)40(36(41)46)23-27-16-18-30(19-17-27)38-35(45)39-31-15-11-10-12-25(31)3/h7-19,24,29,32H,20-23H2,1-6H3,(H2,38,39,45)/t29-,32+/m1/s1. The Morgan fingerprint density at radius 1 is 0.826 bits per heavy atom. The fourth-order valence-electron chi connectivity index (χ4n) is 5.87. The van der Waals surface area contributed by atoms with Crippen LogP contribution in [0.4, 0.5) is 21.0 Å². The monoisotopic (exact) mass is 624 g/mol. The van der Waals surface area contributed by atoms with Crippen LogP contribution in [0.5, 0.6) is 0 Å². The van der Waals surface area contributed by atoms with E-state index in [0.717, 1.165) is 21.6 Å². The number of ketones is 2. The number of anilines is 2. The first kappa shape index (κ1) is 34.1. The second-order valence-electron chi connectivity index (χ2n) is 13.0. The van der Waals surface area contributed by atoms with E-state index < -0.39 is 23.5 Å². The quantitative estimate of drug-likeness (QED) is 0.193. The molecule has 0 radical (unpaired) electrons. The van der Waals surface area contributed by atoms with Crippen molar-refractivity contribution in [1.29, 1.82) is 0 Å². The number of carbonyl (C=O) groups is 5. The topological polar surface area (TPSA) is 116 Å². The van der Waals surface area contributed by atoms with Crippen molar-refractivity contribution in [3.8, 4) is 0 Å². The van der Waals surface area contributed by atoms with Gasteiger partial charge in [0, 0.05) is 30.8 Å². The summed E-state index contributed by atoms with van der Waals surface area (Å²) in [7, 11) is 0. The summed E-state index contributed by atoms with van der Waals surface area (Å²) in [5, 5.41) is 5.64. The highest BCUT2D eigenvalue weighted by atomic mass is 16.2. The molecule has 9 nitrogen and oxygen atoms in total. The Morgan fingerprint density at radius 3 is 2.07 bits per heavy atom. The smallest absolute Gasteiger partial charge is 0.308 e. The highest BCUT2D eigenvalue weighted by molar-refractivity contribution is 6.09. The normalized spacial score (nSPS) is 15.5. The Bertz CT molecular complexity index is 1580. The van der Waals surface area contributed by atoms with E-state index in [1.54, 1.807) is 38.1 Å². The van der Waals surface area contributed by atoms with Crippen molar-refractivity contribution in [3.05, 3.63) is 95.6 Å². The highest BCUT2D eigenvalue weighted by Gasteiger charge is 2.54. The predicted molar refractivity (Wildman–Crippen MR) is 179 cm³/mol. The van der Waals surface area contributed by atoms with Crippen LogP contribution in [0.3, 0.4) is 0 Å². The van der Waals surface area contributed by atoms with Gasteiger partial charge in [0.05, 0.1) is 0 Å². The van der Waals surface area contributed by atoms with Gasteiger partial charge >= 0.3 is 12.1 Å². The number of para-hydroxylation sites is 1. The van der Waals surface area contributed by atoms with Crippen molar-refractivity contribution in [2.75, 3.05) is 10.6 Å². The van der Waals surface area contributed by atoms with Gasteiger partial charge in [-0.25, -0.2) is 9.59 Å². The van der Waals surface area contributed by atoms with Gasteiger partial charge in [0.25, 0.3) is 5.91 Å². The molecule has 4 rings (SSSR count). The lowest BCUT2D eigenvalue weighted by Gasteiger charge is -2.28. The van der Waals surface area contributed by atoms with E-state index in [4.69, 9.17) is 0 Å². The zero-order chi connectivity index (χ0) is 33.6. The van der Waals surface area contributed by atoms with Gasteiger partial charge in [0.2, 0.25) is 0 Å². The first-order chi connectivity index (χ1) is 21.8. The van der Waals surface area contributed by atoms with Crippen molar-refractivity contribution in [2.45, 2.75) is 84.8 Å². The Hall–Kier alpha value is -4.79. The average molecular weight is 625 g/mol. The molecule has 0 aliphatic carbocycles. The molecule has 242 valence electrons. The molecule has 3 aromatic carbocycles. The van der Waals surface area contributed by atoms with Gasteiger partial charge in [0.1, 0.15) is 17.4 Å². The molecular formula is C37H44N4O5. The van der Waals surface area contributed by atoms with Crippen LogP contribution < -0.4 is 10.6 Å². The van der Waals surface area contributed by atoms with Crippen molar-refractivity contribution >= 4 is 40.9 Å². The number of hydrogen-bond donors (Lipinski definition) is 2. The molecule has 46 heavy (non-hydrogen) atoms. The number of Topliss-reactive ketones (excluding diaryl/α,β-unsaturated/α-hetero) is 2. The molecule has 0 unspecified atom stereocenters. The average Bonchev–Trinajstić information content (AvgIpc) is 3.16. The molecule has 1 saturated heterocycles. The minimum Gasteiger partial charge on any atom is -0.308 e. The van der Waals surface area contributed by atoms with Gasteiger partial charge in [-0.1, -0.05) is 74.5 Å². The zero-order valence-electron chi connectivity index (χ0n) is 27.5. The van der Waals surface area contributed by atoms with Gasteiger partial charge in [-0.05, 0) is 80.8 Å². The summed E-state index contributed by atoms with van der Waals surface area (Å²) < 4.78 is 0. The number of hydrogen-bond acceptors (Lipinski definition) is 5. The van der Waals surface area contributed by atoms with E-state index in [0.29, 0.717) is 17.8 Å². The number of amides is 5. The minimum atomic E-state index is -1.19. The molecule has 1 fully saturated rings. The van der Waals surface area contributed by atoms with Crippen LogP contribution in [-0.4, -0.2) is 50.9 Å². The van der Waals surface area contributed by atoms with Crippen LogP contribution in [0.25, 0.3) is 0 Å². The summed E-state index contributed by atoms with van der Waals surface area (Å²) in [4.78, 5) is 69.0. The van der Waals surface area contributed by atoms with Gasteiger partial charge < -0.3 is 20.3 Å². The lowest BCUT2D eigenvalue weighted by molar-refractivity contribution is -0.138. The summed E-state index contributed by atoms with van der Waals surface area (Å²) in [6, 6.07) is 22.1. The largest absolute Gasteiger partial charge is 0.328 e. The molecule has 1 heterocycles. The Balaban J connectivity index is 1.50. The number of aryl methyl sites for hydroxylation is 1. The SMILES string of the molecule is CC(=O)C[C@H](CC(=O)[C@H](CC(C)C)N1C(=O)N(Cc2ccc(NC(=O)Nc3ccccc3C)cc2)C(C)(C)C1=O)c1ccccc1. The summed E-state index contributed by atoms with van der Waals surface area (Å²) in [6.07, 6.45) is 0.569. The summed E-state index contributed by atoms with van der Waals surface area (Å²) >= 11 is 0. The molecule has 5 amide bonds. The van der Waals surface area contributed by atoms with Crippen molar-refractivity contribution < 1.29 is 24.0 Å². The fourth-order valence-corrected chi connectivity index (χ4v) is 5.87. The van der Waals surface area contributed by atoms with E-state index in [1.807, 2.05) is 75.4 Å². The maximum atomic E-state index is 14.0. The molecule has 1 aliphatic heterocycles. The number of rotatable bonds is 13. The number of urea groups is 2.